The van der Waals surface area contributed by atoms with E-state index in [4.69, 9.17) is 23.8 Å². The van der Waals surface area contributed by atoms with Crippen LogP contribution in [0.1, 0.15) is 0 Å². The van der Waals surface area contributed by atoms with E-state index in [1.165, 1.54) is 0 Å². The van der Waals surface area contributed by atoms with Crippen LogP contribution in [0.15, 0.2) is 209 Å². The highest BCUT2D eigenvalue weighted by atomic mass is 16.3. The third kappa shape index (κ3) is 5.67. The molecule has 5 heteroatoms. The van der Waals surface area contributed by atoms with Gasteiger partial charge in [-0.15, -0.1) is 0 Å². The van der Waals surface area contributed by atoms with Crippen molar-refractivity contribution >= 4 is 54.8 Å². The molecule has 4 heterocycles. The number of benzene rings is 8. The molecule has 0 N–H and O–H groups in total. The molecule has 60 heavy (non-hydrogen) atoms. The number of pyridine rings is 1. The normalized spacial score (nSPS) is 11.7. The van der Waals surface area contributed by atoms with E-state index in [2.05, 4.69) is 140 Å². The Morgan fingerprint density at radius 1 is 0.317 bits per heavy atom. The molecule has 0 saturated carbocycles. The van der Waals surface area contributed by atoms with Gasteiger partial charge in [0.15, 0.2) is 11.4 Å². The van der Waals surface area contributed by atoms with E-state index in [0.29, 0.717) is 5.82 Å². The first-order valence-electron chi connectivity index (χ1n) is 20.1. The van der Waals surface area contributed by atoms with Crippen LogP contribution >= 0.6 is 0 Å². The van der Waals surface area contributed by atoms with Crippen molar-refractivity contribution in [3.63, 3.8) is 0 Å². The molecule has 0 atom stereocenters. The summed E-state index contributed by atoms with van der Waals surface area (Å²) in [5, 5.41) is 5.39. The Labute approximate surface area is 344 Å². The van der Waals surface area contributed by atoms with Crippen LogP contribution in [0.25, 0.3) is 122 Å². The van der Waals surface area contributed by atoms with Gasteiger partial charge in [-0.05, 0) is 41.0 Å². The number of aromatic nitrogens is 3. The Morgan fingerprint density at radius 3 is 1.53 bits per heavy atom. The molecule has 0 spiro atoms. The molecule has 12 aromatic rings. The van der Waals surface area contributed by atoms with E-state index >= 15 is 0 Å². The Kier molecular flexibility index (Phi) is 7.78. The van der Waals surface area contributed by atoms with Gasteiger partial charge in [0, 0.05) is 54.7 Å². The number of nitrogens with zero attached hydrogens (tertiary/aromatic N) is 3. The summed E-state index contributed by atoms with van der Waals surface area (Å²) in [6.45, 7) is 0. The summed E-state index contributed by atoms with van der Waals surface area (Å²) in [6.07, 6.45) is 0. The van der Waals surface area contributed by atoms with Crippen LogP contribution in [0, 0.1) is 0 Å². The summed E-state index contributed by atoms with van der Waals surface area (Å²) in [7, 11) is 0. The maximum absolute atomic E-state index is 6.61. The lowest BCUT2D eigenvalue weighted by Crippen LogP contribution is -1.95. The largest absolute Gasteiger partial charge is 0.455 e. The van der Waals surface area contributed by atoms with E-state index in [-0.39, 0.29) is 0 Å². The van der Waals surface area contributed by atoms with Crippen LogP contribution in [0.4, 0.5) is 0 Å². The molecule has 0 bridgehead atoms. The average molecular weight is 768 g/mol. The van der Waals surface area contributed by atoms with Crippen LogP contribution in [0.5, 0.6) is 0 Å². The van der Waals surface area contributed by atoms with Gasteiger partial charge < -0.3 is 8.83 Å². The quantitative estimate of drug-likeness (QED) is 0.169. The van der Waals surface area contributed by atoms with Crippen molar-refractivity contribution in [2.75, 3.05) is 0 Å². The van der Waals surface area contributed by atoms with E-state index in [9.17, 15) is 0 Å². The predicted molar refractivity (Wildman–Crippen MR) is 245 cm³/mol. The number of para-hydroxylation sites is 3. The van der Waals surface area contributed by atoms with E-state index < -0.39 is 0 Å². The molecule has 0 radical (unpaired) electrons. The van der Waals surface area contributed by atoms with Crippen molar-refractivity contribution < 1.29 is 8.83 Å². The standard InChI is InChI=1S/C55H33N3O2/c1-3-12-36(13-4-1)46-33-47(37-14-5-2-6-15-37)58-55(57-46)39-28-24-35(25-29-39)34-22-26-38(27-23-34)52-54-51(45-17-8-10-21-50(45)60-54)44-31-30-40(32-48(44)56-52)41-18-11-19-43-42-16-7-9-20-49(42)59-53(41)43/h1-33H. The molecule has 0 amide bonds. The minimum absolute atomic E-state index is 0.687. The second kappa shape index (κ2) is 13.8. The Balaban J connectivity index is 0.928. The van der Waals surface area contributed by atoms with Crippen molar-refractivity contribution in [1.29, 1.82) is 0 Å². The first-order chi connectivity index (χ1) is 29.7. The molecule has 280 valence electrons. The molecule has 5 nitrogen and oxygen atoms in total. The van der Waals surface area contributed by atoms with E-state index in [1.54, 1.807) is 0 Å². The van der Waals surface area contributed by atoms with Gasteiger partial charge in [-0.1, -0.05) is 176 Å². The highest BCUT2D eigenvalue weighted by Crippen LogP contribution is 2.42. The Morgan fingerprint density at radius 2 is 0.850 bits per heavy atom. The van der Waals surface area contributed by atoms with Crippen LogP contribution in [-0.4, -0.2) is 15.0 Å². The zero-order valence-electron chi connectivity index (χ0n) is 32.2. The molecule has 8 aromatic carbocycles. The van der Waals surface area contributed by atoms with Gasteiger partial charge >= 0.3 is 0 Å². The van der Waals surface area contributed by atoms with Gasteiger partial charge in [0.2, 0.25) is 0 Å². The number of furan rings is 2. The fraction of sp³-hybridized carbons (Fsp3) is 0. The van der Waals surface area contributed by atoms with Crippen molar-refractivity contribution in [3.05, 3.63) is 200 Å². The second-order valence-corrected chi connectivity index (χ2v) is 15.1. The van der Waals surface area contributed by atoms with E-state index in [0.717, 1.165) is 116 Å². The zero-order chi connectivity index (χ0) is 39.6. The molecule has 12 rings (SSSR count). The molecule has 0 aliphatic carbocycles. The third-order valence-corrected chi connectivity index (χ3v) is 11.5. The van der Waals surface area contributed by atoms with Gasteiger partial charge in [0.1, 0.15) is 22.4 Å². The summed E-state index contributed by atoms with van der Waals surface area (Å²) in [6, 6.07) is 69.0. The van der Waals surface area contributed by atoms with E-state index in [1.807, 2.05) is 60.7 Å². The lowest BCUT2D eigenvalue weighted by molar-refractivity contribution is 0.668. The first kappa shape index (κ1) is 33.9. The molecule has 0 aliphatic rings. The SMILES string of the molecule is c1ccc(-c2cc(-c3ccccc3)nc(-c3ccc(-c4ccc(-c5nc6cc(-c7cccc8c7oc7ccccc78)ccc6c6c5oc5ccccc56)cc4)cc3)n2)cc1. The molecular formula is C55H33N3O2. The maximum atomic E-state index is 6.61. The minimum atomic E-state index is 0.687. The zero-order valence-corrected chi connectivity index (χ0v) is 32.2. The van der Waals surface area contributed by atoms with Crippen molar-refractivity contribution in [2.24, 2.45) is 0 Å². The van der Waals surface area contributed by atoms with Gasteiger partial charge in [-0.25, -0.2) is 15.0 Å². The molecule has 0 saturated heterocycles. The summed E-state index contributed by atoms with van der Waals surface area (Å²) in [5.41, 5.74) is 15.2. The fourth-order valence-corrected chi connectivity index (χ4v) is 8.55. The summed E-state index contributed by atoms with van der Waals surface area (Å²) in [4.78, 5) is 15.4. The highest BCUT2D eigenvalue weighted by Gasteiger charge is 2.20. The number of hydrogen-bond donors (Lipinski definition) is 0. The second-order valence-electron chi connectivity index (χ2n) is 15.1. The van der Waals surface area contributed by atoms with Gasteiger partial charge in [0.05, 0.1) is 16.9 Å². The topological polar surface area (TPSA) is 65.0 Å². The fourth-order valence-electron chi connectivity index (χ4n) is 8.55. The van der Waals surface area contributed by atoms with Gasteiger partial charge in [0.25, 0.3) is 0 Å². The van der Waals surface area contributed by atoms with Crippen LogP contribution in [0.3, 0.4) is 0 Å². The van der Waals surface area contributed by atoms with Crippen molar-refractivity contribution in [3.8, 4) is 67.4 Å². The van der Waals surface area contributed by atoms with Crippen molar-refractivity contribution in [2.45, 2.75) is 0 Å². The number of hydrogen-bond acceptors (Lipinski definition) is 5. The monoisotopic (exact) mass is 767 g/mol. The molecular weight excluding hydrogens is 735 g/mol. The van der Waals surface area contributed by atoms with Crippen molar-refractivity contribution in [1.82, 2.24) is 15.0 Å². The van der Waals surface area contributed by atoms with Crippen LogP contribution in [-0.2, 0) is 0 Å². The van der Waals surface area contributed by atoms with Crippen LogP contribution in [0.2, 0.25) is 0 Å². The summed E-state index contributed by atoms with van der Waals surface area (Å²) in [5.74, 6) is 0.687. The lowest BCUT2D eigenvalue weighted by Gasteiger charge is -2.11. The van der Waals surface area contributed by atoms with Crippen LogP contribution < -0.4 is 0 Å². The average Bonchev–Trinajstić information content (AvgIpc) is 3.91. The molecule has 0 fully saturated rings. The van der Waals surface area contributed by atoms with Gasteiger partial charge in [-0.2, -0.15) is 0 Å². The molecule has 0 unspecified atom stereocenters. The van der Waals surface area contributed by atoms with Gasteiger partial charge in [-0.3, -0.25) is 0 Å². The third-order valence-electron chi connectivity index (χ3n) is 11.5. The highest BCUT2D eigenvalue weighted by molar-refractivity contribution is 6.21. The number of fused-ring (bicyclic) bond motifs is 8. The maximum Gasteiger partial charge on any atom is 0.162 e. The Bertz CT molecular complexity index is 3510. The lowest BCUT2D eigenvalue weighted by atomic mass is 9.97. The molecule has 4 aromatic heterocycles. The number of rotatable bonds is 6. The summed E-state index contributed by atoms with van der Waals surface area (Å²) < 4.78 is 13.0. The predicted octanol–water partition coefficient (Wildman–Crippen LogP) is 14.8. The Hall–Kier alpha value is -8.15. The minimum Gasteiger partial charge on any atom is -0.455 e. The smallest absolute Gasteiger partial charge is 0.162 e. The summed E-state index contributed by atoms with van der Waals surface area (Å²) >= 11 is 0. The molecule has 0 aliphatic heterocycles. The first-order valence-corrected chi connectivity index (χ1v) is 20.1.